The predicted molar refractivity (Wildman–Crippen MR) is 205 cm³/mol. The van der Waals surface area contributed by atoms with Gasteiger partial charge in [0.2, 0.25) is 0 Å². The quantitative estimate of drug-likeness (QED) is 0.131. The van der Waals surface area contributed by atoms with Gasteiger partial charge in [0.15, 0.2) is 0 Å². The van der Waals surface area contributed by atoms with Gasteiger partial charge in [0.1, 0.15) is 0 Å². The summed E-state index contributed by atoms with van der Waals surface area (Å²) in [6.45, 7) is 1.87. The van der Waals surface area contributed by atoms with Gasteiger partial charge in [0.05, 0.1) is 8.07 Å². The van der Waals surface area contributed by atoms with Crippen LogP contribution in [0.2, 0.25) is 31.2 Å². The van der Waals surface area contributed by atoms with Crippen molar-refractivity contribution in [2.45, 2.75) is 44.9 Å². The van der Waals surface area contributed by atoms with Crippen molar-refractivity contribution in [3.63, 3.8) is 0 Å². The molecular formula is C41H38GeIrN2SSi-2. The summed E-state index contributed by atoms with van der Waals surface area (Å²) in [5.41, 5.74) is 5.41. The molecule has 0 spiro atoms. The zero-order chi connectivity index (χ0) is 37.2. The number of benzene rings is 4. The second-order valence-corrected chi connectivity index (χ2v) is 28.5. The minimum absolute atomic E-state index is 0. The number of hydrogen-bond acceptors (Lipinski definition) is 3. The topological polar surface area (TPSA) is 25.8 Å². The van der Waals surface area contributed by atoms with E-state index in [1.807, 2.05) is 42.6 Å². The third kappa shape index (κ3) is 6.25. The van der Waals surface area contributed by atoms with Gasteiger partial charge in [0.25, 0.3) is 0 Å². The van der Waals surface area contributed by atoms with Crippen LogP contribution >= 0.6 is 11.3 Å². The number of hydrogen-bond donors (Lipinski definition) is 0. The molecule has 6 heteroatoms. The van der Waals surface area contributed by atoms with Gasteiger partial charge in [0, 0.05) is 26.3 Å². The largest absolute Gasteiger partial charge is 0 e. The van der Waals surface area contributed by atoms with E-state index >= 15 is 0 Å². The van der Waals surface area contributed by atoms with Crippen molar-refractivity contribution in [3.05, 3.63) is 127 Å². The number of rotatable bonds is 3. The summed E-state index contributed by atoms with van der Waals surface area (Å²) in [5, 5.41) is 3.62. The zero-order valence-electron chi connectivity index (χ0n) is 33.0. The standard InChI is InChI=1S/C27H22GeNS.C14H16NSi.Ir/c1-16-12-25(29-15-17(16)2)20-10-7-9-19-22-13-21-18-8-5-6-11-23(18)28(3,4)24(21)14-26(22)30-27(19)20;1-16(2,3)13-9-10-14(15-11-13)12-7-5-4-6-8-12;/h5-9,11-15H,1-4H3;4-7,9-11H,1-3H3;/q2*-1;/i1D3,2D3;;. The molecule has 0 unspecified atom stereocenters. The number of aryl methyl sites for hydroxylation is 2. The summed E-state index contributed by atoms with van der Waals surface area (Å²) in [4.78, 5) is 8.92. The predicted octanol–water partition coefficient (Wildman–Crippen LogP) is 9.43. The molecule has 2 nitrogen and oxygen atoms in total. The number of aromatic nitrogens is 2. The van der Waals surface area contributed by atoms with Gasteiger partial charge in [-0.2, -0.15) is 0 Å². The fourth-order valence-corrected chi connectivity index (χ4v) is 15.2. The van der Waals surface area contributed by atoms with Crippen molar-refractivity contribution in [2.24, 2.45) is 0 Å². The first kappa shape index (κ1) is 26.7. The summed E-state index contributed by atoms with van der Waals surface area (Å²) < 4.78 is 52.2. The van der Waals surface area contributed by atoms with Crippen LogP contribution in [0, 0.1) is 25.8 Å². The van der Waals surface area contributed by atoms with Gasteiger partial charge in [-0.1, -0.05) is 31.8 Å². The Hall–Kier alpha value is -3.19. The first-order chi connectivity index (χ1) is 24.4. The van der Waals surface area contributed by atoms with Crippen LogP contribution in [0.1, 0.15) is 19.4 Å². The molecule has 0 saturated carbocycles. The molecule has 3 aromatic heterocycles. The van der Waals surface area contributed by atoms with E-state index in [0.717, 1.165) is 26.7 Å². The number of fused-ring (bicyclic) bond motifs is 6. The van der Waals surface area contributed by atoms with Crippen LogP contribution in [0.15, 0.2) is 103 Å². The van der Waals surface area contributed by atoms with E-state index in [-0.39, 0.29) is 31.2 Å². The van der Waals surface area contributed by atoms with E-state index in [0.29, 0.717) is 11.3 Å². The van der Waals surface area contributed by atoms with Gasteiger partial charge < -0.3 is 4.98 Å². The van der Waals surface area contributed by atoms with Crippen molar-refractivity contribution in [1.29, 1.82) is 0 Å². The summed E-state index contributed by atoms with van der Waals surface area (Å²) >= 11 is -0.744. The average molecular weight is 890 g/mol. The Labute approximate surface area is 308 Å². The van der Waals surface area contributed by atoms with Crippen LogP contribution in [0.4, 0.5) is 0 Å². The van der Waals surface area contributed by atoms with Gasteiger partial charge in [-0.15, -0.1) is 35.9 Å². The van der Waals surface area contributed by atoms with Crippen molar-refractivity contribution >= 4 is 66.8 Å². The minimum Gasteiger partial charge on any atom is 0 e. The van der Waals surface area contributed by atoms with E-state index in [2.05, 4.69) is 102 Å². The van der Waals surface area contributed by atoms with Crippen LogP contribution in [-0.2, 0) is 20.1 Å². The number of thiophene rings is 1. The molecule has 1 radical (unpaired) electrons. The maximum atomic E-state index is 7.93. The summed E-state index contributed by atoms with van der Waals surface area (Å²) in [7, 11) is -1.23. The normalized spacial score (nSPS) is 15.4. The fourth-order valence-electron chi connectivity index (χ4n) is 6.27. The van der Waals surface area contributed by atoms with Crippen LogP contribution in [0.5, 0.6) is 0 Å². The van der Waals surface area contributed by atoms with Crippen molar-refractivity contribution < 1.29 is 28.3 Å². The van der Waals surface area contributed by atoms with Crippen molar-refractivity contribution in [2.75, 3.05) is 0 Å². The molecule has 4 aromatic carbocycles. The molecule has 0 saturated heterocycles. The molecule has 1 aliphatic heterocycles. The van der Waals surface area contributed by atoms with Crippen molar-refractivity contribution in [1.82, 2.24) is 9.97 Å². The molecule has 47 heavy (non-hydrogen) atoms. The molecule has 0 aliphatic carbocycles. The molecule has 4 heterocycles. The third-order valence-corrected chi connectivity index (χ3v) is 19.6. The van der Waals surface area contributed by atoms with Gasteiger partial charge >= 0.3 is 192 Å². The van der Waals surface area contributed by atoms with Gasteiger partial charge in [-0.05, 0) is 10.9 Å². The molecular weight excluding hydrogens is 845 g/mol. The average Bonchev–Trinajstić information content (AvgIpc) is 3.58. The van der Waals surface area contributed by atoms with E-state index in [9.17, 15) is 0 Å². The van der Waals surface area contributed by atoms with Gasteiger partial charge in [-0.3, -0.25) is 0 Å². The molecule has 0 N–H and O–H groups in total. The minimum atomic E-state index is -2.57. The van der Waals surface area contributed by atoms with E-state index in [1.54, 1.807) is 11.3 Å². The Balaban J connectivity index is 0.000000238. The smallest absolute Gasteiger partial charge is 0 e. The summed E-state index contributed by atoms with van der Waals surface area (Å²) in [6, 6.07) is 37.4. The molecule has 0 bridgehead atoms. The van der Waals surface area contributed by atoms with Crippen LogP contribution in [-0.4, -0.2) is 31.3 Å². The van der Waals surface area contributed by atoms with Crippen LogP contribution in [0.25, 0.3) is 53.8 Å². The molecule has 0 amide bonds. The maximum Gasteiger partial charge on any atom is 0 e. The Bertz CT molecular complexity index is 2460. The second-order valence-electron chi connectivity index (χ2n) is 13.3. The Morgan fingerprint density at radius 1 is 0.723 bits per heavy atom. The number of nitrogens with zero attached hydrogens (tertiary/aromatic N) is 2. The Morgan fingerprint density at radius 2 is 1.51 bits per heavy atom. The summed E-state index contributed by atoms with van der Waals surface area (Å²) in [5.74, 6) is 4.88. The fraction of sp³-hybridized carbons (Fsp3) is 0.171. The Kier molecular flexibility index (Phi) is 7.40. The van der Waals surface area contributed by atoms with E-state index < -0.39 is 35.0 Å². The summed E-state index contributed by atoms with van der Waals surface area (Å²) in [6.07, 6.45) is 3.20. The van der Waals surface area contributed by atoms with E-state index in [1.165, 1.54) is 42.1 Å². The Morgan fingerprint density at radius 3 is 2.23 bits per heavy atom. The molecule has 8 rings (SSSR count). The first-order valence-corrected chi connectivity index (χ1v) is 26.0. The SMILES string of the molecule is C[Si](C)(C)c1ccc(-c2[c-]cccc2)nc1.[2H]C([2H])([2H])c1cnc(-c2[c-]ccc3c2sc2c[c]4c(cc23)-c2cccc[c]2[Ge]4([CH3])[CH3])cc1C([2H])([2H])[2H].[Ir]. The first-order valence-electron chi connectivity index (χ1n) is 18.4. The number of pyridine rings is 2. The monoisotopic (exact) mass is 891 g/mol. The van der Waals surface area contributed by atoms with Crippen LogP contribution in [0.3, 0.4) is 0 Å². The van der Waals surface area contributed by atoms with E-state index in [4.69, 9.17) is 8.22 Å². The third-order valence-electron chi connectivity index (χ3n) is 8.91. The molecule has 7 aromatic rings. The molecule has 237 valence electrons. The van der Waals surface area contributed by atoms with Crippen molar-refractivity contribution in [3.8, 4) is 33.6 Å². The second kappa shape index (κ2) is 13.0. The van der Waals surface area contributed by atoms with Gasteiger partial charge in [-0.25, -0.2) is 0 Å². The maximum absolute atomic E-state index is 7.93. The molecule has 0 fully saturated rings. The van der Waals surface area contributed by atoms with Crippen LogP contribution < -0.4 is 14.0 Å². The molecule has 1 aliphatic rings. The zero-order valence-corrected chi connectivity index (χ0v) is 33.3. The molecule has 0 atom stereocenters.